The molecule has 0 radical (unpaired) electrons. The van der Waals surface area contributed by atoms with Crippen LogP contribution in [0.5, 0.6) is 5.75 Å². The molecular weight excluding hydrogens is 585 g/mol. The largest absolute Gasteiger partial charge is 0.493 e. The van der Waals surface area contributed by atoms with E-state index < -0.39 is 11.7 Å². The van der Waals surface area contributed by atoms with Crippen LogP contribution in [0, 0.1) is 5.92 Å². The second-order valence-corrected chi connectivity index (χ2v) is 11.2. The Kier molecular flexibility index (Phi) is 11.1. The van der Waals surface area contributed by atoms with Crippen molar-refractivity contribution in [3.8, 4) is 17.0 Å². The van der Waals surface area contributed by atoms with Crippen LogP contribution in [0.2, 0.25) is 0 Å². The van der Waals surface area contributed by atoms with E-state index in [1.807, 2.05) is 11.8 Å². The molecule has 43 heavy (non-hydrogen) atoms. The zero-order valence-electron chi connectivity index (χ0n) is 24.4. The molecule has 0 unspecified atom stereocenters. The quantitative estimate of drug-likeness (QED) is 0.133. The Hall–Kier alpha value is -3.58. The smallest absolute Gasteiger partial charge is 0.419 e. The predicted molar refractivity (Wildman–Crippen MR) is 156 cm³/mol. The molecule has 13 heteroatoms. The molecule has 1 aromatic carbocycles. The molecule has 1 fully saturated rings. The number of aromatic nitrogens is 3. The number of esters is 1. The fraction of sp³-hybridized carbons (Fsp3) is 0.500. The fourth-order valence-corrected chi connectivity index (χ4v) is 5.84. The number of hydrogen-bond acceptors (Lipinski definition) is 10. The van der Waals surface area contributed by atoms with E-state index in [2.05, 4.69) is 15.0 Å². The number of hydrogen-bond donors (Lipinski definition) is 0. The third-order valence-corrected chi connectivity index (χ3v) is 8.25. The van der Waals surface area contributed by atoms with Gasteiger partial charge in [-0.25, -0.2) is 15.0 Å². The Morgan fingerprint density at radius 2 is 1.86 bits per heavy atom. The Morgan fingerprint density at radius 3 is 2.49 bits per heavy atom. The summed E-state index contributed by atoms with van der Waals surface area (Å²) in [6.45, 7) is 5.77. The fourth-order valence-electron chi connectivity index (χ4n) is 4.81. The Bertz CT molecular complexity index is 1390. The Morgan fingerprint density at radius 1 is 1.09 bits per heavy atom. The van der Waals surface area contributed by atoms with Crippen LogP contribution in [-0.2, 0) is 33.3 Å². The van der Waals surface area contributed by atoms with E-state index in [4.69, 9.17) is 14.2 Å². The number of piperidine rings is 1. The van der Waals surface area contributed by atoms with Gasteiger partial charge in [-0.3, -0.25) is 9.59 Å². The number of carbonyl (C=O) groups is 2. The molecule has 1 aliphatic rings. The normalized spacial score (nSPS) is 14.1. The molecular formula is C30H35F3N4O5S. The molecule has 0 amide bonds. The SMILES string of the molecule is CCOC(=O)C1CCN(c2cnc(C(=O)Cc3nc(-c4ccc(OCCCOC)c(C(F)(F)F)c4)c(CC)s3)cn2)CC1. The molecule has 4 rings (SSSR count). The van der Waals surface area contributed by atoms with Gasteiger partial charge in [0, 0.05) is 43.7 Å². The van der Waals surface area contributed by atoms with Crippen molar-refractivity contribution >= 4 is 28.9 Å². The number of halogens is 3. The summed E-state index contributed by atoms with van der Waals surface area (Å²) in [4.78, 5) is 41.1. The number of anilines is 1. The van der Waals surface area contributed by atoms with Gasteiger partial charge in [-0.1, -0.05) is 6.92 Å². The van der Waals surface area contributed by atoms with Gasteiger partial charge in [-0.05, 0) is 44.4 Å². The second kappa shape index (κ2) is 14.7. The molecule has 3 heterocycles. The molecule has 1 aliphatic heterocycles. The highest BCUT2D eigenvalue weighted by Crippen LogP contribution is 2.40. The van der Waals surface area contributed by atoms with Crippen LogP contribution < -0.4 is 9.64 Å². The average Bonchev–Trinajstić information content (AvgIpc) is 3.42. The van der Waals surface area contributed by atoms with Crippen molar-refractivity contribution in [2.24, 2.45) is 5.92 Å². The maximum atomic E-state index is 13.9. The van der Waals surface area contributed by atoms with E-state index in [1.54, 1.807) is 19.2 Å². The summed E-state index contributed by atoms with van der Waals surface area (Å²) >= 11 is 1.29. The average molecular weight is 621 g/mol. The van der Waals surface area contributed by atoms with E-state index >= 15 is 0 Å². The molecule has 3 aromatic rings. The minimum Gasteiger partial charge on any atom is -0.493 e. The summed E-state index contributed by atoms with van der Waals surface area (Å²) in [5.41, 5.74) is 0.0171. The number of rotatable bonds is 13. The molecule has 2 aromatic heterocycles. The van der Waals surface area contributed by atoms with Gasteiger partial charge in [0.1, 0.15) is 22.3 Å². The molecule has 0 aliphatic carbocycles. The molecule has 1 saturated heterocycles. The summed E-state index contributed by atoms with van der Waals surface area (Å²) in [5.74, 6) is -0.222. The first-order valence-corrected chi connectivity index (χ1v) is 15.0. The summed E-state index contributed by atoms with van der Waals surface area (Å²) in [6, 6.07) is 3.91. The first-order chi connectivity index (χ1) is 20.6. The third kappa shape index (κ3) is 8.29. The van der Waals surface area contributed by atoms with Crippen molar-refractivity contribution in [1.82, 2.24) is 15.0 Å². The molecule has 0 bridgehead atoms. The number of carbonyl (C=O) groups excluding carboxylic acids is 2. The summed E-state index contributed by atoms with van der Waals surface area (Å²) in [7, 11) is 1.52. The first kappa shape index (κ1) is 32.3. The van der Waals surface area contributed by atoms with Crippen molar-refractivity contribution in [3.05, 3.63) is 51.7 Å². The van der Waals surface area contributed by atoms with E-state index in [-0.39, 0.29) is 42.1 Å². The molecule has 0 atom stereocenters. The topological polar surface area (TPSA) is 104 Å². The van der Waals surface area contributed by atoms with Gasteiger partial charge in [-0.15, -0.1) is 11.3 Å². The number of methoxy groups -OCH3 is 1. The van der Waals surface area contributed by atoms with Gasteiger partial charge in [0.15, 0.2) is 5.78 Å². The molecule has 0 saturated carbocycles. The highest BCUT2D eigenvalue weighted by Gasteiger charge is 2.35. The van der Waals surface area contributed by atoms with E-state index in [0.717, 1.165) is 10.9 Å². The maximum Gasteiger partial charge on any atom is 0.419 e. The first-order valence-electron chi connectivity index (χ1n) is 14.2. The van der Waals surface area contributed by atoms with Crippen molar-refractivity contribution < 1.29 is 37.0 Å². The van der Waals surface area contributed by atoms with Crippen LogP contribution in [0.15, 0.2) is 30.6 Å². The van der Waals surface area contributed by atoms with Crippen LogP contribution >= 0.6 is 11.3 Å². The van der Waals surface area contributed by atoms with Gasteiger partial charge < -0.3 is 19.1 Å². The maximum absolute atomic E-state index is 13.9. The molecule has 0 spiro atoms. The van der Waals surface area contributed by atoms with Gasteiger partial charge >= 0.3 is 12.1 Å². The number of ketones is 1. The molecule has 0 N–H and O–H groups in total. The lowest BCUT2D eigenvalue weighted by Gasteiger charge is -2.31. The van der Waals surface area contributed by atoms with Crippen LogP contribution in [0.3, 0.4) is 0 Å². The standard InChI is InChI=1S/C30H35F3N4O5S/c1-4-25-28(20-7-8-24(42-14-6-13-40-3)21(15-20)30(31,32)33)36-27(43-25)16-23(38)22-17-35-26(18-34-22)37-11-9-19(10-12-37)29(39)41-5-2/h7-8,15,17-19H,4-6,9-14,16H2,1-3H3. The van der Waals surface area contributed by atoms with Crippen LogP contribution in [-0.4, -0.2) is 66.7 Å². The van der Waals surface area contributed by atoms with Gasteiger partial charge in [0.25, 0.3) is 0 Å². The summed E-state index contributed by atoms with van der Waals surface area (Å²) in [6.07, 6.45) is 0.607. The van der Waals surface area contributed by atoms with Crippen molar-refractivity contribution in [2.45, 2.75) is 52.1 Å². The van der Waals surface area contributed by atoms with Gasteiger partial charge in [0.2, 0.25) is 0 Å². The predicted octanol–water partition coefficient (Wildman–Crippen LogP) is 5.80. The van der Waals surface area contributed by atoms with Crippen LogP contribution in [0.1, 0.15) is 59.0 Å². The number of nitrogens with zero attached hydrogens (tertiary/aromatic N) is 4. The highest BCUT2D eigenvalue weighted by atomic mass is 32.1. The lowest BCUT2D eigenvalue weighted by Crippen LogP contribution is -2.37. The minimum absolute atomic E-state index is 0.0521. The second-order valence-electron chi connectivity index (χ2n) is 10.0. The van der Waals surface area contributed by atoms with Crippen molar-refractivity contribution in [1.29, 1.82) is 0 Å². The number of alkyl halides is 3. The number of Topliss-reactive ketones (excluding diaryl/α,β-unsaturated/α-hetero) is 1. The number of benzene rings is 1. The van der Waals surface area contributed by atoms with Crippen LogP contribution in [0.4, 0.5) is 19.0 Å². The lowest BCUT2D eigenvalue weighted by molar-refractivity contribution is -0.148. The Balaban J connectivity index is 1.44. The van der Waals surface area contributed by atoms with Crippen molar-refractivity contribution in [2.75, 3.05) is 44.9 Å². The van der Waals surface area contributed by atoms with E-state index in [1.165, 1.54) is 30.7 Å². The molecule has 232 valence electrons. The summed E-state index contributed by atoms with van der Waals surface area (Å²) < 4.78 is 57.1. The lowest BCUT2D eigenvalue weighted by atomic mass is 9.97. The monoisotopic (exact) mass is 620 g/mol. The summed E-state index contributed by atoms with van der Waals surface area (Å²) in [5, 5.41) is 0.484. The number of thiazole rings is 1. The molecule has 9 nitrogen and oxygen atoms in total. The zero-order valence-corrected chi connectivity index (χ0v) is 25.2. The zero-order chi connectivity index (χ0) is 31.0. The Labute approximate surface area is 252 Å². The van der Waals surface area contributed by atoms with Crippen LogP contribution in [0.25, 0.3) is 11.3 Å². The number of aryl methyl sites for hydroxylation is 1. The number of ether oxygens (including phenoxy) is 3. The van der Waals surface area contributed by atoms with Gasteiger partial charge in [0.05, 0.1) is 49.2 Å². The van der Waals surface area contributed by atoms with Crippen molar-refractivity contribution in [3.63, 3.8) is 0 Å². The third-order valence-electron chi connectivity index (χ3n) is 7.05. The van der Waals surface area contributed by atoms with E-state index in [9.17, 15) is 22.8 Å². The van der Waals surface area contributed by atoms with Gasteiger partial charge in [-0.2, -0.15) is 13.2 Å². The highest BCUT2D eigenvalue weighted by molar-refractivity contribution is 7.12. The minimum atomic E-state index is -4.62. The van der Waals surface area contributed by atoms with E-state index in [0.29, 0.717) is 74.1 Å².